The Morgan fingerprint density at radius 1 is 1.19 bits per heavy atom. The fourth-order valence-corrected chi connectivity index (χ4v) is 4.53. The van der Waals surface area contributed by atoms with Crippen LogP contribution >= 0.6 is 11.3 Å². The highest BCUT2D eigenvalue weighted by molar-refractivity contribution is 7.89. The van der Waals surface area contributed by atoms with Crippen LogP contribution in [0.3, 0.4) is 0 Å². The average Bonchev–Trinajstić information content (AvgIpc) is 3.13. The number of rotatable bonds is 4. The van der Waals surface area contributed by atoms with E-state index in [-0.39, 0.29) is 32.1 Å². The molecule has 1 saturated heterocycles. The van der Waals surface area contributed by atoms with E-state index in [9.17, 15) is 22.0 Å². The minimum atomic E-state index is -4.08. The van der Waals surface area contributed by atoms with Gasteiger partial charge in [0.15, 0.2) is 0 Å². The van der Waals surface area contributed by atoms with Crippen molar-refractivity contribution >= 4 is 33.3 Å². The van der Waals surface area contributed by atoms with E-state index in [0.717, 1.165) is 16.4 Å². The summed E-state index contributed by atoms with van der Waals surface area (Å²) in [5.74, 6) is -2.22. The number of halogens is 2. The lowest BCUT2D eigenvalue weighted by molar-refractivity contribution is -0.127. The van der Waals surface area contributed by atoms with Crippen molar-refractivity contribution in [2.24, 2.45) is 0 Å². The summed E-state index contributed by atoms with van der Waals surface area (Å²) in [5, 5.41) is 2.49. The normalized spacial score (nSPS) is 16.3. The molecule has 3 rings (SSSR count). The number of amides is 1. The molecule has 1 aromatic heterocycles. The van der Waals surface area contributed by atoms with Gasteiger partial charge in [0.1, 0.15) is 21.5 Å². The molecule has 0 bridgehead atoms. The van der Waals surface area contributed by atoms with E-state index in [1.807, 2.05) is 0 Å². The predicted molar refractivity (Wildman–Crippen MR) is 92.8 cm³/mol. The fraction of sp³-hybridized carbons (Fsp3) is 0.250. The molecule has 26 heavy (non-hydrogen) atoms. The molecule has 1 aliphatic rings. The highest BCUT2D eigenvalue weighted by Crippen LogP contribution is 2.21. The topological polar surface area (TPSA) is 70.6 Å². The number of piperazine rings is 1. The predicted octanol–water partition coefficient (Wildman–Crippen LogP) is 1.97. The zero-order chi connectivity index (χ0) is 18.7. The Morgan fingerprint density at radius 2 is 1.92 bits per heavy atom. The molecule has 1 aromatic carbocycles. The molecule has 10 heteroatoms. The molecule has 1 aliphatic heterocycles. The summed E-state index contributed by atoms with van der Waals surface area (Å²) in [6.07, 6.45) is 4.62. The van der Waals surface area contributed by atoms with Gasteiger partial charge in [-0.05, 0) is 18.2 Å². The maximum Gasteiger partial charge on any atom is 0.246 e. The molecule has 0 N–H and O–H groups in total. The van der Waals surface area contributed by atoms with Gasteiger partial charge in [-0.1, -0.05) is 0 Å². The summed E-state index contributed by atoms with van der Waals surface area (Å²) < 4.78 is 52.9. The van der Waals surface area contributed by atoms with Gasteiger partial charge in [-0.3, -0.25) is 4.79 Å². The number of nitrogens with zero attached hydrogens (tertiary/aromatic N) is 3. The van der Waals surface area contributed by atoms with E-state index in [1.54, 1.807) is 17.7 Å². The highest BCUT2D eigenvalue weighted by atomic mass is 32.2. The molecule has 1 amide bonds. The number of thiazole rings is 1. The molecule has 0 aliphatic carbocycles. The van der Waals surface area contributed by atoms with Crippen LogP contribution in [0.4, 0.5) is 8.78 Å². The van der Waals surface area contributed by atoms with Gasteiger partial charge in [-0.15, -0.1) is 11.3 Å². The Bertz CT molecular complexity index is 922. The van der Waals surface area contributed by atoms with Gasteiger partial charge >= 0.3 is 0 Å². The van der Waals surface area contributed by atoms with E-state index in [2.05, 4.69) is 4.98 Å². The standard InChI is InChI=1S/C16H15F2N3O3S2/c17-12-1-2-14(13(18)11-12)26(23,24)21-8-6-20(7-9-21)16(22)4-3-15-19-5-10-25-15/h1-5,10-11H,6-9H2/b4-3+. The number of benzene rings is 1. The molecular weight excluding hydrogens is 384 g/mol. The van der Waals surface area contributed by atoms with Crippen LogP contribution in [0, 0.1) is 11.6 Å². The molecular formula is C16H15F2N3O3S2. The average molecular weight is 399 g/mol. The quantitative estimate of drug-likeness (QED) is 0.737. The third kappa shape index (κ3) is 3.97. The van der Waals surface area contributed by atoms with Gasteiger partial charge in [0, 0.05) is 49.9 Å². The van der Waals surface area contributed by atoms with Crippen LogP contribution in [-0.4, -0.2) is 54.7 Å². The van der Waals surface area contributed by atoms with E-state index >= 15 is 0 Å². The van der Waals surface area contributed by atoms with E-state index in [4.69, 9.17) is 0 Å². The van der Waals surface area contributed by atoms with E-state index in [1.165, 1.54) is 22.3 Å². The zero-order valence-electron chi connectivity index (χ0n) is 13.5. The number of hydrogen-bond donors (Lipinski definition) is 0. The lowest BCUT2D eigenvalue weighted by Gasteiger charge is -2.33. The molecule has 0 spiro atoms. The monoisotopic (exact) mass is 399 g/mol. The summed E-state index contributed by atoms with van der Waals surface area (Å²) in [7, 11) is -4.08. The molecule has 138 valence electrons. The Kier molecular flexibility index (Phi) is 5.44. The van der Waals surface area contributed by atoms with Crippen molar-refractivity contribution in [1.29, 1.82) is 0 Å². The minimum Gasteiger partial charge on any atom is -0.337 e. The maximum absolute atomic E-state index is 13.8. The molecule has 2 heterocycles. The first-order chi connectivity index (χ1) is 12.4. The van der Waals surface area contributed by atoms with Gasteiger partial charge in [0.25, 0.3) is 0 Å². The van der Waals surface area contributed by atoms with E-state index in [0.29, 0.717) is 11.1 Å². The molecule has 0 atom stereocenters. The van der Waals surface area contributed by atoms with Gasteiger partial charge in [-0.2, -0.15) is 4.31 Å². The number of sulfonamides is 1. The summed E-state index contributed by atoms with van der Waals surface area (Å²) in [6.45, 7) is 0.443. The van der Waals surface area contributed by atoms with Crippen molar-refractivity contribution < 1.29 is 22.0 Å². The Morgan fingerprint density at radius 3 is 2.54 bits per heavy atom. The maximum atomic E-state index is 13.8. The SMILES string of the molecule is O=C(/C=C/c1nccs1)N1CCN(S(=O)(=O)c2ccc(F)cc2F)CC1. The number of aromatic nitrogens is 1. The first-order valence-electron chi connectivity index (χ1n) is 7.69. The Hall–Kier alpha value is -2.17. The summed E-state index contributed by atoms with van der Waals surface area (Å²) in [6, 6.07) is 2.35. The molecule has 0 unspecified atom stereocenters. The van der Waals surface area contributed by atoms with Crippen molar-refractivity contribution in [3.8, 4) is 0 Å². The van der Waals surface area contributed by atoms with Gasteiger partial charge < -0.3 is 4.90 Å². The fourth-order valence-electron chi connectivity index (χ4n) is 2.54. The first kappa shape index (κ1) is 18.6. The second kappa shape index (κ2) is 7.60. The number of hydrogen-bond acceptors (Lipinski definition) is 5. The largest absolute Gasteiger partial charge is 0.337 e. The van der Waals surface area contributed by atoms with Crippen LogP contribution in [0.1, 0.15) is 5.01 Å². The first-order valence-corrected chi connectivity index (χ1v) is 10.0. The third-order valence-electron chi connectivity index (χ3n) is 3.88. The van der Waals surface area contributed by atoms with Crippen LogP contribution in [-0.2, 0) is 14.8 Å². The van der Waals surface area contributed by atoms with Crippen molar-refractivity contribution in [2.45, 2.75) is 4.90 Å². The summed E-state index contributed by atoms with van der Waals surface area (Å²) >= 11 is 1.40. The number of carbonyl (C=O) groups is 1. The summed E-state index contributed by atoms with van der Waals surface area (Å²) in [4.78, 5) is 17.1. The lowest BCUT2D eigenvalue weighted by Crippen LogP contribution is -2.50. The Balaban J connectivity index is 1.65. The van der Waals surface area contributed by atoms with Gasteiger partial charge in [-0.25, -0.2) is 22.2 Å². The number of carbonyl (C=O) groups excluding carboxylic acids is 1. The van der Waals surface area contributed by atoms with Crippen molar-refractivity contribution in [3.05, 3.63) is 52.5 Å². The van der Waals surface area contributed by atoms with Crippen LogP contribution < -0.4 is 0 Å². The lowest BCUT2D eigenvalue weighted by atomic mass is 10.3. The highest BCUT2D eigenvalue weighted by Gasteiger charge is 2.31. The molecule has 1 fully saturated rings. The second-order valence-corrected chi connectivity index (χ2v) is 8.34. The Labute approximate surface area is 153 Å². The van der Waals surface area contributed by atoms with Crippen LogP contribution in [0.5, 0.6) is 0 Å². The molecule has 6 nitrogen and oxygen atoms in total. The second-order valence-electron chi connectivity index (χ2n) is 5.51. The van der Waals surface area contributed by atoms with Crippen LogP contribution in [0.25, 0.3) is 6.08 Å². The van der Waals surface area contributed by atoms with Gasteiger partial charge in [0.05, 0.1) is 0 Å². The van der Waals surface area contributed by atoms with Crippen LogP contribution in [0.2, 0.25) is 0 Å². The molecule has 0 radical (unpaired) electrons. The van der Waals surface area contributed by atoms with Crippen molar-refractivity contribution in [3.63, 3.8) is 0 Å². The molecule has 0 saturated carbocycles. The van der Waals surface area contributed by atoms with Crippen LogP contribution in [0.15, 0.2) is 40.7 Å². The summed E-state index contributed by atoms with van der Waals surface area (Å²) in [5.41, 5.74) is 0. The smallest absolute Gasteiger partial charge is 0.246 e. The van der Waals surface area contributed by atoms with Crippen molar-refractivity contribution in [2.75, 3.05) is 26.2 Å². The minimum absolute atomic E-state index is 0.0377. The third-order valence-corrected chi connectivity index (χ3v) is 6.55. The molecule has 2 aromatic rings. The van der Waals surface area contributed by atoms with E-state index < -0.39 is 26.6 Å². The zero-order valence-corrected chi connectivity index (χ0v) is 15.1. The van der Waals surface area contributed by atoms with Crippen molar-refractivity contribution in [1.82, 2.24) is 14.2 Å². The van der Waals surface area contributed by atoms with Gasteiger partial charge in [0.2, 0.25) is 15.9 Å².